The SMILES string of the molecule is CCCC(CC)Nc1cc(Cl)nc(C2CC2)n1. The predicted octanol–water partition coefficient (Wildman–Crippen LogP) is 4.00. The van der Waals surface area contributed by atoms with Crippen molar-refractivity contribution in [2.45, 2.75) is 57.9 Å². The van der Waals surface area contributed by atoms with Crippen molar-refractivity contribution in [1.29, 1.82) is 0 Å². The maximum atomic E-state index is 6.03. The van der Waals surface area contributed by atoms with Crippen molar-refractivity contribution in [2.24, 2.45) is 0 Å². The van der Waals surface area contributed by atoms with Gasteiger partial charge in [0.1, 0.15) is 16.8 Å². The molecule has 1 fully saturated rings. The Balaban J connectivity index is 2.08. The summed E-state index contributed by atoms with van der Waals surface area (Å²) in [7, 11) is 0. The average Bonchev–Trinajstić information content (AvgIpc) is 3.11. The highest BCUT2D eigenvalue weighted by Gasteiger charge is 2.27. The molecule has 0 saturated heterocycles. The summed E-state index contributed by atoms with van der Waals surface area (Å²) >= 11 is 6.03. The molecule has 1 N–H and O–H groups in total. The Bertz CT molecular complexity index is 377. The second-order valence-electron chi connectivity index (χ2n) is 4.75. The van der Waals surface area contributed by atoms with E-state index in [1.54, 1.807) is 0 Å². The van der Waals surface area contributed by atoms with E-state index in [0.29, 0.717) is 17.1 Å². The first-order valence-corrected chi connectivity index (χ1v) is 6.91. The van der Waals surface area contributed by atoms with Gasteiger partial charge in [0.2, 0.25) is 0 Å². The molecule has 3 nitrogen and oxygen atoms in total. The first-order valence-electron chi connectivity index (χ1n) is 6.54. The van der Waals surface area contributed by atoms with Crippen LogP contribution in [0, 0.1) is 0 Å². The van der Waals surface area contributed by atoms with Gasteiger partial charge in [0.25, 0.3) is 0 Å². The van der Waals surface area contributed by atoms with Crippen LogP contribution in [0.15, 0.2) is 6.07 Å². The molecule has 1 heterocycles. The zero-order chi connectivity index (χ0) is 12.3. The first kappa shape index (κ1) is 12.6. The van der Waals surface area contributed by atoms with Gasteiger partial charge in [0.05, 0.1) is 0 Å². The first-order chi connectivity index (χ1) is 8.22. The van der Waals surface area contributed by atoms with Crippen molar-refractivity contribution in [1.82, 2.24) is 9.97 Å². The standard InChI is InChI=1S/C13H20ClN3/c1-3-5-10(4-2)15-12-8-11(14)16-13(17-12)9-6-7-9/h8-10H,3-7H2,1-2H3,(H,15,16,17). The molecule has 1 atom stereocenters. The Hall–Kier alpha value is -0.830. The molecule has 1 aromatic heterocycles. The molecule has 4 heteroatoms. The van der Waals surface area contributed by atoms with Crippen LogP contribution < -0.4 is 5.32 Å². The fourth-order valence-electron chi connectivity index (χ4n) is 1.97. The monoisotopic (exact) mass is 253 g/mol. The van der Waals surface area contributed by atoms with Crippen LogP contribution in [0.3, 0.4) is 0 Å². The molecule has 1 aromatic rings. The summed E-state index contributed by atoms with van der Waals surface area (Å²) in [6.45, 7) is 4.39. The van der Waals surface area contributed by atoms with Gasteiger partial charge in [0.15, 0.2) is 0 Å². The molecule has 1 aliphatic rings. The normalized spacial score (nSPS) is 16.9. The summed E-state index contributed by atoms with van der Waals surface area (Å²) in [6.07, 6.45) is 5.85. The smallest absolute Gasteiger partial charge is 0.135 e. The molecule has 94 valence electrons. The van der Waals surface area contributed by atoms with Gasteiger partial charge < -0.3 is 5.32 Å². The third kappa shape index (κ3) is 3.56. The summed E-state index contributed by atoms with van der Waals surface area (Å²) in [5.74, 6) is 2.33. The molecule has 1 saturated carbocycles. The minimum absolute atomic E-state index is 0.484. The fourth-order valence-corrected chi connectivity index (χ4v) is 2.16. The van der Waals surface area contributed by atoms with Crippen LogP contribution >= 0.6 is 11.6 Å². The van der Waals surface area contributed by atoms with Gasteiger partial charge in [-0.2, -0.15) is 0 Å². The number of rotatable bonds is 6. The summed E-state index contributed by atoms with van der Waals surface area (Å²) in [5, 5.41) is 4.01. The summed E-state index contributed by atoms with van der Waals surface area (Å²) in [4.78, 5) is 8.85. The Labute approximate surface area is 108 Å². The highest BCUT2D eigenvalue weighted by Crippen LogP contribution is 2.38. The van der Waals surface area contributed by atoms with Crippen LogP contribution in [0.2, 0.25) is 5.15 Å². The Morgan fingerprint density at radius 1 is 1.41 bits per heavy atom. The largest absolute Gasteiger partial charge is 0.367 e. The zero-order valence-corrected chi connectivity index (χ0v) is 11.3. The third-order valence-electron chi connectivity index (χ3n) is 3.14. The number of anilines is 1. The molecular weight excluding hydrogens is 234 g/mol. The Morgan fingerprint density at radius 3 is 2.76 bits per heavy atom. The second-order valence-corrected chi connectivity index (χ2v) is 5.13. The lowest BCUT2D eigenvalue weighted by Gasteiger charge is -2.17. The molecule has 0 spiro atoms. The summed E-state index contributed by atoms with van der Waals surface area (Å²) in [5.41, 5.74) is 0. The van der Waals surface area contributed by atoms with E-state index < -0.39 is 0 Å². The van der Waals surface area contributed by atoms with Gasteiger partial charge in [-0.25, -0.2) is 9.97 Å². The lowest BCUT2D eigenvalue weighted by atomic mass is 10.1. The van der Waals surface area contributed by atoms with Crippen molar-refractivity contribution >= 4 is 17.4 Å². The van der Waals surface area contributed by atoms with E-state index in [9.17, 15) is 0 Å². The van der Waals surface area contributed by atoms with Gasteiger partial charge in [-0.1, -0.05) is 31.9 Å². The highest BCUT2D eigenvalue weighted by atomic mass is 35.5. The highest BCUT2D eigenvalue weighted by molar-refractivity contribution is 6.29. The van der Waals surface area contributed by atoms with Gasteiger partial charge in [-0.05, 0) is 25.7 Å². The third-order valence-corrected chi connectivity index (χ3v) is 3.33. The average molecular weight is 254 g/mol. The minimum Gasteiger partial charge on any atom is -0.367 e. The fraction of sp³-hybridized carbons (Fsp3) is 0.692. The van der Waals surface area contributed by atoms with Crippen molar-refractivity contribution in [3.63, 3.8) is 0 Å². The van der Waals surface area contributed by atoms with Crippen LogP contribution in [0.25, 0.3) is 0 Å². The van der Waals surface area contributed by atoms with E-state index in [-0.39, 0.29) is 0 Å². The predicted molar refractivity (Wildman–Crippen MR) is 71.6 cm³/mol. The van der Waals surface area contributed by atoms with Gasteiger partial charge >= 0.3 is 0 Å². The van der Waals surface area contributed by atoms with Gasteiger partial charge in [-0.3, -0.25) is 0 Å². The van der Waals surface area contributed by atoms with Crippen LogP contribution in [0.5, 0.6) is 0 Å². The van der Waals surface area contributed by atoms with E-state index in [1.807, 2.05) is 6.07 Å². The van der Waals surface area contributed by atoms with Crippen molar-refractivity contribution in [3.8, 4) is 0 Å². The number of hydrogen-bond acceptors (Lipinski definition) is 3. The minimum atomic E-state index is 0.484. The summed E-state index contributed by atoms with van der Waals surface area (Å²) < 4.78 is 0. The molecule has 0 amide bonds. The molecule has 1 unspecified atom stereocenters. The van der Waals surface area contributed by atoms with E-state index in [0.717, 1.165) is 24.5 Å². The van der Waals surface area contributed by atoms with E-state index in [2.05, 4.69) is 29.1 Å². The van der Waals surface area contributed by atoms with Crippen molar-refractivity contribution in [3.05, 3.63) is 17.0 Å². The maximum Gasteiger partial charge on any atom is 0.135 e. The molecule has 1 aliphatic carbocycles. The van der Waals surface area contributed by atoms with E-state index >= 15 is 0 Å². The van der Waals surface area contributed by atoms with Crippen molar-refractivity contribution in [2.75, 3.05) is 5.32 Å². The van der Waals surface area contributed by atoms with Crippen LogP contribution in [0.1, 0.15) is 57.7 Å². The number of aromatic nitrogens is 2. The quantitative estimate of drug-likeness (QED) is 0.779. The van der Waals surface area contributed by atoms with Gasteiger partial charge in [-0.15, -0.1) is 0 Å². The lowest BCUT2D eigenvalue weighted by molar-refractivity contribution is 0.619. The van der Waals surface area contributed by atoms with E-state index in [4.69, 9.17) is 11.6 Å². The number of nitrogens with zero attached hydrogens (tertiary/aromatic N) is 2. The van der Waals surface area contributed by atoms with Crippen molar-refractivity contribution < 1.29 is 0 Å². The molecule has 2 rings (SSSR count). The van der Waals surface area contributed by atoms with Crippen LogP contribution in [0.4, 0.5) is 5.82 Å². The number of halogens is 1. The summed E-state index contributed by atoms with van der Waals surface area (Å²) in [6, 6.07) is 2.31. The number of hydrogen-bond donors (Lipinski definition) is 1. The zero-order valence-electron chi connectivity index (χ0n) is 10.5. The molecule has 0 bridgehead atoms. The van der Waals surface area contributed by atoms with Crippen LogP contribution in [-0.4, -0.2) is 16.0 Å². The molecule has 0 aromatic carbocycles. The second kappa shape index (κ2) is 5.67. The molecule has 0 radical (unpaired) electrons. The Kier molecular flexibility index (Phi) is 4.21. The van der Waals surface area contributed by atoms with Crippen LogP contribution in [-0.2, 0) is 0 Å². The van der Waals surface area contributed by atoms with E-state index in [1.165, 1.54) is 19.3 Å². The maximum absolute atomic E-state index is 6.03. The number of nitrogens with one attached hydrogen (secondary N) is 1. The topological polar surface area (TPSA) is 37.8 Å². The molecule has 0 aliphatic heterocycles. The lowest BCUT2D eigenvalue weighted by Crippen LogP contribution is -2.19. The Morgan fingerprint density at radius 2 is 2.18 bits per heavy atom. The molecular formula is C13H20ClN3. The molecule has 17 heavy (non-hydrogen) atoms. The van der Waals surface area contributed by atoms with Gasteiger partial charge in [0, 0.05) is 18.0 Å².